The predicted molar refractivity (Wildman–Crippen MR) is 120 cm³/mol. The number of ether oxygens (including phenoxy) is 1. The predicted octanol–water partition coefficient (Wildman–Crippen LogP) is 2.00. The Bertz CT molecular complexity index is 756. The minimum atomic E-state index is -0.713. The Morgan fingerprint density at radius 3 is 2.65 bits per heavy atom. The molecule has 3 rings (SSSR count). The van der Waals surface area contributed by atoms with Gasteiger partial charge < -0.3 is 19.6 Å². The molecule has 0 aromatic heterocycles. The molecule has 0 aromatic carbocycles. The number of hydrogen-bond acceptors (Lipinski definition) is 6. The molecule has 172 valence electrons. The minimum absolute atomic E-state index is 0.0287. The molecule has 0 saturated carbocycles. The number of aliphatic hydroxyl groups is 1. The van der Waals surface area contributed by atoms with Crippen LogP contribution < -0.4 is 0 Å². The van der Waals surface area contributed by atoms with Crippen LogP contribution >= 0.6 is 11.8 Å². The van der Waals surface area contributed by atoms with E-state index in [4.69, 9.17) is 4.74 Å². The number of rotatable bonds is 10. The molecule has 2 amide bonds. The number of esters is 1. The number of fused-ring (bicyclic) bond motifs is 1. The van der Waals surface area contributed by atoms with Crippen molar-refractivity contribution in [1.29, 1.82) is 0 Å². The van der Waals surface area contributed by atoms with Gasteiger partial charge in [-0.15, -0.1) is 24.9 Å². The molecule has 3 fully saturated rings. The molecule has 6 atom stereocenters. The maximum absolute atomic E-state index is 13.8. The van der Waals surface area contributed by atoms with E-state index < -0.39 is 28.7 Å². The van der Waals surface area contributed by atoms with Gasteiger partial charge in [-0.2, -0.15) is 0 Å². The van der Waals surface area contributed by atoms with Crippen LogP contribution in [0.1, 0.15) is 40.0 Å². The largest absolute Gasteiger partial charge is 0.465 e. The highest BCUT2D eigenvalue weighted by Gasteiger charge is 2.74. The second kappa shape index (κ2) is 9.36. The first kappa shape index (κ1) is 23.9. The lowest BCUT2D eigenvalue weighted by molar-refractivity contribution is -0.154. The lowest BCUT2D eigenvalue weighted by Crippen LogP contribution is -2.58. The maximum Gasteiger partial charge on any atom is 0.310 e. The monoisotopic (exact) mass is 450 g/mol. The fraction of sp³-hybridized carbons (Fsp3) is 0.696. The third-order valence-electron chi connectivity index (χ3n) is 6.78. The molecule has 3 saturated heterocycles. The highest BCUT2D eigenvalue weighted by molar-refractivity contribution is 8.02. The molecule has 3 aliphatic heterocycles. The summed E-state index contributed by atoms with van der Waals surface area (Å²) >= 11 is 1.61. The van der Waals surface area contributed by atoms with E-state index in [0.29, 0.717) is 19.4 Å². The van der Waals surface area contributed by atoms with E-state index in [9.17, 15) is 19.5 Å². The van der Waals surface area contributed by atoms with Gasteiger partial charge >= 0.3 is 5.97 Å². The van der Waals surface area contributed by atoms with Crippen molar-refractivity contribution < 1.29 is 24.2 Å². The molecule has 31 heavy (non-hydrogen) atoms. The molecule has 0 aromatic rings. The number of carbonyl (C=O) groups is 3. The number of carbonyl (C=O) groups excluding carboxylic acids is 3. The summed E-state index contributed by atoms with van der Waals surface area (Å²) in [5, 5.41) is 9.84. The second-order valence-electron chi connectivity index (χ2n) is 8.95. The topological polar surface area (TPSA) is 87.2 Å². The Morgan fingerprint density at radius 1 is 1.35 bits per heavy atom. The van der Waals surface area contributed by atoms with Crippen LogP contribution in [0.3, 0.4) is 0 Å². The number of aliphatic hydroxyl groups excluding tert-OH is 1. The fourth-order valence-electron chi connectivity index (χ4n) is 5.39. The van der Waals surface area contributed by atoms with Crippen molar-refractivity contribution in [3.63, 3.8) is 0 Å². The summed E-state index contributed by atoms with van der Waals surface area (Å²) in [6, 6.07) is -1.29. The van der Waals surface area contributed by atoms with E-state index in [1.165, 1.54) is 0 Å². The van der Waals surface area contributed by atoms with Crippen LogP contribution in [0.2, 0.25) is 0 Å². The van der Waals surface area contributed by atoms with Gasteiger partial charge in [0.05, 0.1) is 35.8 Å². The van der Waals surface area contributed by atoms with Crippen LogP contribution in [0.4, 0.5) is 0 Å². The van der Waals surface area contributed by atoms with Crippen molar-refractivity contribution in [2.45, 2.75) is 68.2 Å². The normalized spacial score (nSPS) is 32.2. The van der Waals surface area contributed by atoms with Crippen LogP contribution in [-0.2, 0) is 19.1 Å². The molecule has 2 unspecified atom stereocenters. The summed E-state index contributed by atoms with van der Waals surface area (Å²) in [5.74, 6) is -1.89. The fourth-order valence-corrected chi connectivity index (χ4v) is 7.58. The zero-order valence-corrected chi connectivity index (χ0v) is 19.5. The molecule has 1 N–H and O–H groups in total. The zero-order valence-electron chi connectivity index (χ0n) is 18.7. The smallest absolute Gasteiger partial charge is 0.310 e. The van der Waals surface area contributed by atoms with Crippen molar-refractivity contribution in [3.05, 3.63) is 25.3 Å². The quantitative estimate of drug-likeness (QED) is 0.311. The van der Waals surface area contributed by atoms with Crippen LogP contribution in [0.5, 0.6) is 0 Å². The van der Waals surface area contributed by atoms with E-state index >= 15 is 0 Å². The van der Waals surface area contributed by atoms with Gasteiger partial charge in [-0.25, -0.2) is 0 Å². The van der Waals surface area contributed by atoms with Crippen molar-refractivity contribution in [1.82, 2.24) is 9.80 Å². The van der Waals surface area contributed by atoms with Crippen LogP contribution in [0, 0.1) is 11.8 Å². The summed E-state index contributed by atoms with van der Waals surface area (Å²) in [5.41, 5.74) is 0. The van der Waals surface area contributed by atoms with Gasteiger partial charge in [0.15, 0.2) is 0 Å². The van der Waals surface area contributed by atoms with Crippen LogP contribution in [0.15, 0.2) is 25.3 Å². The maximum atomic E-state index is 13.8. The van der Waals surface area contributed by atoms with Crippen LogP contribution in [-0.4, -0.2) is 80.6 Å². The molecule has 0 radical (unpaired) electrons. The highest BCUT2D eigenvalue weighted by atomic mass is 32.2. The molecule has 0 aliphatic carbocycles. The first-order valence-corrected chi connectivity index (χ1v) is 11.9. The van der Waals surface area contributed by atoms with E-state index in [1.807, 2.05) is 13.8 Å². The summed E-state index contributed by atoms with van der Waals surface area (Å²) in [7, 11) is 0. The third kappa shape index (κ3) is 3.82. The van der Waals surface area contributed by atoms with Crippen LogP contribution in [0.25, 0.3) is 0 Å². The summed E-state index contributed by atoms with van der Waals surface area (Å²) in [6.45, 7) is 13.4. The summed E-state index contributed by atoms with van der Waals surface area (Å²) < 4.78 is 4.79. The Balaban J connectivity index is 2.00. The Kier molecular flexibility index (Phi) is 7.21. The molecule has 3 aliphatic rings. The first-order valence-electron chi connectivity index (χ1n) is 11.0. The third-order valence-corrected chi connectivity index (χ3v) is 8.73. The van der Waals surface area contributed by atoms with E-state index in [1.54, 1.807) is 40.6 Å². The average molecular weight is 451 g/mol. The molecule has 2 bridgehead atoms. The summed E-state index contributed by atoms with van der Waals surface area (Å²) in [4.78, 5) is 43.7. The Labute approximate surface area is 188 Å². The molecular formula is C23H34N2O5S. The number of hydrogen-bond donors (Lipinski definition) is 1. The lowest BCUT2D eigenvalue weighted by atomic mass is 9.71. The number of nitrogens with zero attached hydrogens (tertiary/aromatic N) is 2. The number of thioether (sulfide) groups is 1. The van der Waals surface area contributed by atoms with Crippen molar-refractivity contribution in [2.75, 3.05) is 19.8 Å². The van der Waals surface area contributed by atoms with Gasteiger partial charge in [-0.1, -0.05) is 12.2 Å². The molecule has 7 nitrogen and oxygen atoms in total. The lowest BCUT2D eigenvalue weighted by Gasteiger charge is -2.40. The van der Waals surface area contributed by atoms with E-state index in [-0.39, 0.29) is 42.3 Å². The van der Waals surface area contributed by atoms with Crippen molar-refractivity contribution >= 4 is 29.5 Å². The standard InChI is InChI=1S/C23H34N2O5S/c1-6-8-12-30-22(29)17-16-9-10-23(31-16)18(17)20(27)25(15(5)13-26)19(23)21(28)24(11-7-2)14(3)4/h6-7,14-19,26H,1-2,8-13H2,3-5H3/t15-,16+,17-,18+,19?,23?/m1/s1. The van der Waals surface area contributed by atoms with Gasteiger partial charge in [0.1, 0.15) is 6.04 Å². The van der Waals surface area contributed by atoms with Crippen molar-refractivity contribution in [3.8, 4) is 0 Å². The molecule has 3 heterocycles. The Hall–Kier alpha value is -1.80. The van der Waals surface area contributed by atoms with Crippen molar-refractivity contribution in [2.24, 2.45) is 11.8 Å². The van der Waals surface area contributed by atoms with Gasteiger partial charge in [0.2, 0.25) is 11.8 Å². The molecular weight excluding hydrogens is 416 g/mol. The van der Waals surface area contributed by atoms with Gasteiger partial charge in [0.25, 0.3) is 0 Å². The average Bonchev–Trinajstić information content (AvgIpc) is 3.38. The summed E-state index contributed by atoms with van der Waals surface area (Å²) in [6.07, 6.45) is 5.39. The first-order chi connectivity index (χ1) is 14.7. The van der Waals surface area contributed by atoms with Gasteiger partial charge in [-0.3, -0.25) is 14.4 Å². The number of likely N-dealkylation sites (tertiary alicyclic amines) is 1. The van der Waals surface area contributed by atoms with E-state index in [2.05, 4.69) is 13.2 Å². The minimum Gasteiger partial charge on any atom is -0.465 e. The zero-order chi connectivity index (χ0) is 22.9. The molecule has 1 spiro atoms. The Morgan fingerprint density at radius 2 is 2.06 bits per heavy atom. The van der Waals surface area contributed by atoms with E-state index in [0.717, 1.165) is 6.42 Å². The van der Waals surface area contributed by atoms with Gasteiger partial charge in [-0.05, 0) is 40.0 Å². The van der Waals surface area contributed by atoms with Gasteiger partial charge in [0, 0.05) is 17.8 Å². The number of amides is 2. The second-order valence-corrected chi connectivity index (χ2v) is 10.6. The SMILES string of the molecule is C=CCCOC(=O)[C@@H]1[C@@H]2CCC3(S2)C(C(=O)N(CC=C)C(C)C)N([C@H](C)CO)C(=O)[C@H]13. The molecule has 8 heteroatoms. The highest BCUT2D eigenvalue weighted by Crippen LogP contribution is 2.66.